The molecule has 15 heavy (non-hydrogen) atoms. The van der Waals surface area contributed by atoms with E-state index < -0.39 is 5.97 Å². The highest BCUT2D eigenvalue weighted by molar-refractivity contribution is 5.69. The fraction of sp³-hybridized carbons (Fsp3) is 0.909. The van der Waals surface area contributed by atoms with Crippen LogP contribution < -0.4 is 0 Å². The van der Waals surface area contributed by atoms with E-state index in [1.165, 1.54) is 12.8 Å². The SMILES string of the molecule is CN(CC1CCN(CC(=O)O)C1)C1CC1. The first kappa shape index (κ1) is 10.9. The number of likely N-dealkylation sites (tertiary alicyclic amines) is 1. The van der Waals surface area contributed by atoms with Crippen LogP contribution in [0.4, 0.5) is 0 Å². The normalized spacial score (nSPS) is 27.5. The Morgan fingerprint density at radius 1 is 1.47 bits per heavy atom. The minimum atomic E-state index is -0.703. The second-order valence-corrected chi connectivity index (χ2v) is 4.95. The third-order valence-corrected chi connectivity index (χ3v) is 3.45. The standard InChI is InChI=1S/C11H20N2O2/c1-12(10-2-3-10)6-9-4-5-13(7-9)8-11(14)15/h9-10H,2-8H2,1H3,(H,14,15). The van der Waals surface area contributed by atoms with E-state index in [0.29, 0.717) is 5.92 Å². The van der Waals surface area contributed by atoms with E-state index in [9.17, 15) is 4.79 Å². The minimum Gasteiger partial charge on any atom is -0.480 e. The van der Waals surface area contributed by atoms with Gasteiger partial charge in [-0.15, -0.1) is 0 Å². The number of rotatable bonds is 5. The molecule has 1 aliphatic heterocycles. The Kier molecular flexibility index (Phi) is 3.26. The summed E-state index contributed by atoms with van der Waals surface area (Å²) in [5, 5.41) is 8.69. The lowest BCUT2D eigenvalue weighted by molar-refractivity contribution is -0.138. The Balaban J connectivity index is 1.69. The van der Waals surface area contributed by atoms with Crippen molar-refractivity contribution in [3.63, 3.8) is 0 Å². The maximum atomic E-state index is 10.6. The zero-order valence-corrected chi connectivity index (χ0v) is 9.35. The predicted molar refractivity (Wildman–Crippen MR) is 57.8 cm³/mol. The predicted octanol–water partition coefficient (Wildman–Crippen LogP) is 0.487. The molecule has 2 rings (SSSR count). The quantitative estimate of drug-likeness (QED) is 0.720. The molecular weight excluding hydrogens is 192 g/mol. The molecule has 1 aliphatic carbocycles. The average Bonchev–Trinajstić information content (AvgIpc) is 2.90. The van der Waals surface area contributed by atoms with Gasteiger partial charge in [-0.3, -0.25) is 9.69 Å². The van der Waals surface area contributed by atoms with Crippen LogP contribution in [0.3, 0.4) is 0 Å². The molecule has 1 saturated heterocycles. The smallest absolute Gasteiger partial charge is 0.317 e. The summed E-state index contributed by atoms with van der Waals surface area (Å²) in [6.07, 6.45) is 3.86. The van der Waals surface area contributed by atoms with Crippen molar-refractivity contribution in [3.8, 4) is 0 Å². The summed E-state index contributed by atoms with van der Waals surface area (Å²) in [5.41, 5.74) is 0. The van der Waals surface area contributed by atoms with Crippen molar-refractivity contribution in [2.45, 2.75) is 25.3 Å². The van der Waals surface area contributed by atoms with Crippen LogP contribution in [0.15, 0.2) is 0 Å². The Labute approximate surface area is 90.9 Å². The molecule has 1 heterocycles. The fourth-order valence-electron chi connectivity index (χ4n) is 2.47. The van der Waals surface area contributed by atoms with Crippen LogP contribution in [-0.4, -0.2) is 60.1 Å². The van der Waals surface area contributed by atoms with Crippen LogP contribution in [0.5, 0.6) is 0 Å². The van der Waals surface area contributed by atoms with Crippen molar-refractivity contribution in [2.24, 2.45) is 5.92 Å². The lowest BCUT2D eigenvalue weighted by Gasteiger charge is -2.20. The highest BCUT2D eigenvalue weighted by atomic mass is 16.4. The zero-order valence-electron chi connectivity index (χ0n) is 9.35. The van der Waals surface area contributed by atoms with Crippen LogP contribution in [0.25, 0.3) is 0 Å². The molecule has 86 valence electrons. The molecule has 4 heteroatoms. The van der Waals surface area contributed by atoms with Crippen LogP contribution in [-0.2, 0) is 4.79 Å². The van der Waals surface area contributed by atoms with Crippen LogP contribution in [0, 0.1) is 5.92 Å². The lowest BCUT2D eigenvalue weighted by atomic mass is 10.1. The average molecular weight is 212 g/mol. The van der Waals surface area contributed by atoms with Crippen molar-refractivity contribution in [1.29, 1.82) is 0 Å². The number of nitrogens with zero attached hydrogens (tertiary/aromatic N) is 2. The number of hydrogen-bond donors (Lipinski definition) is 1. The number of carboxylic acid groups (broad SMARTS) is 1. The van der Waals surface area contributed by atoms with Crippen LogP contribution in [0.1, 0.15) is 19.3 Å². The van der Waals surface area contributed by atoms with Gasteiger partial charge in [0.25, 0.3) is 0 Å². The highest BCUT2D eigenvalue weighted by Crippen LogP contribution is 2.27. The van der Waals surface area contributed by atoms with E-state index in [4.69, 9.17) is 5.11 Å². The Morgan fingerprint density at radius 3 is 2.80 bits per heavy atom. The number of carbonyl (C=O) groups is 1. The van der Waals surface area contributed by atoms with Gasteiger partial charge >= 0.3 is 5.97 Å². The van der Waals surface area contributed by atoms with Gasteiger partial charge in [-0.1, -0.05) is 0 Å². The summed E-state index contributed by atoms with van der Waals surface area (Å²) in [4.78, 5) is 15.0. The lowest BCUT2D eigenvalue weighted by Crippen LogP contribution is -2.31. The zero-order chi connectivity index (χ0) is 10.8. The van der Waals surface area contributed by atoms with E-state index in [0.717, 1.165) is 32.1 Å². The number of aliphatic carboxylic acids is 1. The Bertz CT molecular complexity index is 241. The van der Waals surface area contributed by atoms with Crippen LogP contribution >= 0.6 is 0 Å². The molecule has 0 bridgehead atoms. The topological polar surface area (TPSA) is 43.8 Å². The molecule has 0 aromatic rings. The van der Waals surface area contributed by atoms with E-state index in [2.05, 4.69) is 11.9 Å². The van der Waals surface area contributed by atoms with Gasteiger partial charge in [0.15, 0.2) is 0 Å². The van der Waals surface area contributed by atoms with Gasteiger partial charge in [0.05, 0.1) is 6.54 Å². The molecule has 0 spiro atoms. The van der Waals surface area contributed by atoms with Crippen molar-refractivity contribution >= 4 is 5.97 Å². The van der Waals surface area contributed by atoms with Gasteiger partial charge in [-0.2, -0.15) is 0 Å². The Hall–Kier alpha value is -0.610. The third-order valence-electron chi connectivity index (χ3n) is 3.45. The molecule has 0 aromatic carbocycles. The first-order valence-electron chi connectivity index (χ1n) is 5.79. The van der Waals surface area contributed by atoms with Gasteiger partial charge in [0, 0.05) is 19.1 Å². The summed E-state index contributed by atoms with van der Waals surface area (Å²) in [5.74, 6) is -0.0267. The van der Waals surface area contributed by atoms with Gasteiger partial charge in [0.1, 0.15) is 0 Å². The summed E-state index contributed by atoms with van der Waals surface area (Å²) in [6, 6.07) is 0.818. The van der Waals surface area contributed by atoms with Gasteiger partial charge in [0.2, 0.25) is 0 Å². The molecule has 2 fully saturated rings. The first-order chi connectivity index (χ1) is 7.15. The van der Waals surface area contributed by atoms with Crippen LogP contribution in [0.2, 0.25) is 0 Å². The molecule has 0 amide bonds. The summed E-state index contributed by atoms with van der Waals surface area (Å²) >= 11 is 0. The van der Waals surface area contributed by atoms with E-state index in [-0.39, 0.29) is 6.54 Å². The molecule has 1 atom stereocenters. The Morgan fingerprint density at radius 2 is 2.20 bits per heavy atom. The van der Waals surface area contributed by atoms with Gasteiger partial charge in [-0.25, -0.2) is 0 Å². The van der Waals surface area contributed by atoms with Crippen molar-refractivity contribution in [2.75, 3.05) is 33.2 Å². The molecule has 4 nitrogen and oxygen atoms in total. The molecular formula is C11H20N2O2. The second kappa shape index (κ2) is 4.49. The van der Waals surface area contributed by atoms with Gasteiger partial charge < -0.3 is 10.0 Å². The minimum absolute atomic E-state index is 0.212. The first-order valence-corrected chi connectivity index (χ1v) is 5.79. The molecule has 1 N–H and O–H groups in total. The molecule has 0 radical (unpaired) electrons. The molecule has 2 aliphatic rings. The van der Waals surface area contributed by atoms with Crippen molar-refractivity contribution < 1.29 is 9.90 Å². The summed E-state index contributed by atoms with van der Waals surface area (Å²) in [6.45, 7) is 3.27. The fourth-order valence-corrected chi connectivity index (χ4v) is 2.47. The number of carboxylic acids is 1. The molecule has 0 aromatic heterocycles. The number of hydrogen-bond acceptors (Lipinski definition) is 3. The highest BCUT2D eigenvalue weighted by Gasteiger charge is 2.30. The summed E-state index contributed by atoms with van der Waals surface area (Å²) in [7, 11) is 2.19. The monoisotopic (exact) mass is 212 g/mol. The second-order valence-electron chi connectivity index (χ2n) is 4.95. The third kappa shape index (κ3) is 3.18. The maximum Gasteiger partial charge on any atom is 0.317 e. The summed E-state index contributed by atoms with van der Waals surface area (Å²) < 4.78 is 0. The van der Waals surface area contributed by atoms with Gasteiger partial charge in [-0.05, 0) is 38.8 Å². The molecule has 1 saturated carbocycles. The van der Waals surface area contributed by atoms with Crippen molar-refractivity contribution in [1.82, 2.24) is 9.80 Å². The van der Waals surface area contributed by atoms with E-state index in [1.807, 2.05) is 4.90 Å². The largest absolute Gasteiger partial charge is 0.480 e. The van der Waals surface area contributed by atoms with Crippen molar-refractivity contribution in [3.05, 3.63) is 0 Å². The maximum absolute atomic E-state index is 10.6. The van der Waals surface area contributed by atoms with E-state index in [1.54, 1.807) is 0 Å². The van der Waals surface area contributed by atoms with E-state index >= 15 is 0 Å². The molecule has 1 unspecified atom stereocenters.